The molecule has 0 radical (unpaired) electrons. The molecule has 0 aliphatic carbocycles. The first kappa shape index (κ1) is 15.1. The lowest BCUT2D eigenvalue weighted by atomic mass is 10.3. The van der Waals surface area contributed by atoms with E-state index in [1.807, 2.05) is 24.3 Å². The third kappa shape index (κ3) is 5.16. The van der Waals surface area contributed by atoms with E-state index in [1.54, 1.807) is 14.2 Å². The van der Waals surface area contributed by atoms with Crippen LogP contribution in [0.5, 0.6) is 5.75 Å². The van der Waals surface area contributed by atoms with Gasteiger partial charge < -0.3 is 14.8 Å². The number of nitrogens with one attached hydrogen (secondary N) is 1. The molecule has 0 saturated carbocycles. The highest BCUT2D eigenvalue weighted by Gasteiger charge is 2.08. The molecular weight excluding hydrogens is 250 g/mol. The van der Waals surface area contributed by atoms with Crippen molar-refractivity contribution in [2.75, 3.05) is 39.7 Å². The zero-order valence-electron chi connectivity index (χ0n) is 11.0. The van der Waals surface area contributed by atoms with Crippen LogP contribution in [0.1, 0.15) is 6.42 Å². The molecular formula is C13H21NO3S. The molecule has 4 nitrogen and oxygen atoms in total. The minimum Gasteiger partial charge on any atom is -0.495 e. The van der Waals surface area contributed by atoms with Crippen molar-refractivity contribution in [3.8, 4) is 5.75 Å². The molecule has 0 aliphatic rings. The Balaban J connectivity index is 2.32. The first-order chi connectivity index (χ1) is 8.79. The SMILES string of the molecule is COCCNCCCS(=O)c1ccccc1OC. The highest BCUT2D eigenvalue weighted by molar-refractivity contribution is 7.85. The maximum Gasteiger partial charge on any atom is 0.134 e. The van der Waals surface area contributed by atoms with Gasteiger partial charge in [0.2, 0.25) is 0 Å². The smallest absolute Gasteiger partial charge is 0.134 e. The predicted octanol–water partition coefficient (Wildman–Crippen LogP) is 1.43. The zero-order chi connectivity index (χ0) is 13.2. The average Bonchev–Trinajstić information content (AvgIpc) is 2.42. The summed E-state index contributed by atoms with van der Waals surface area (Å²) in [4.78, 5) is 0.775. The fourth-order valence-corrected chi connectivity index (χ4v) is 2.78. The van der Waals surface area contributed by atoms with Gasteiger partial charge in [-0.2, -0.15) is 0 Å². The fraction of sp³-hybridized carbons (Fsp3) is 0.538. The summed E-state index contributed by atoms with van der Waals surface area (Å²) in [5.74, 6) is 1.34. The monoisotopic (exact) mass is 271 g/mol. The van der Waals surface area contributed by atoms with Gasteiger partial charge in [0.25, 0.3) is 0 Å². The number of para-hydroxylation sites is 1. The third-order valence-corrected chi connectivity index (χ3v) is 3.97. The Morgan fingerprint density at radius 1 is 1.22 bits per heavy atom. The van der Waals surface area contributed by atoms with Crippen LogP contribution in [-0.4, -0.2) is 43.9 Å². The van der Waals surface area contributed by atoms with Gasteiger partial charge in [-0.3, -0.25) is 4.21 Å². The van der Waals surface area contributed by atoms with Crippen LogP contribution in [0.15, 0.2) is 29.2 Å². The molecule has 0 heterocycles. The molecule has 0 spiro atoms. The van der Waals surface area contributed by atoms with E-state index in [-0.39, 0.29) is 0 Å². The third-order valence-electron chi connectivity index (χ3n) is 2.48. The van der Waals surface area contributed by atoms with E-state index in [1.165, 1.54) is 0 Å². The van der Waals surface area contributed by atoms with Gasteiger partial charge >= 0.3 is 0 Å². The molecule has 1 N–H and O–H groups in total. The van der Waals surface area contributed by atoms with Crippen LogP contribution in [-0.2, 0) is 15.5 Å². The van der Waals surface area contributed by atoms with E-state index < -0.39 is 10.8 Å². The van der Waals surface area contributed by atoms with Gasteiger partial charge in [0.15, 0.2) is 0 Å². The summed E-state index contributed by atoms with van der Waals surface area (Å²) in [6.07, 6.45) is 0.869. The highest BCUT2D eigenvalue weighted by Crippen LogP contribution is 2.21. The van der Waals surface area contributed by atoms with Crippen LogP contribution in [0.3, 0.4) is 0 Å². The lowest BCUT2D eigenvalue weighted by Crippen LogP contribution is -2.21. The Morgan fingerprint density at radius 2 is 2.00 bits per heavy atom. The standard InChI is InChI=1S/C13H21NO3S/c1-16-10-9-14-8-5-11-18(15)13-7-4-3-6-12(13)17-2/h3-4,6-7,14H,5,8-11H2,1-2H3. The lowest BCUT2D eigenvalue weighted by molar-refractivity contribution is 0.199. The Labute approximate surface area is 111 Å². The molecule has 18 heavy (non-hydrogen) atoms. The van der Waals surface area contributed by atoms with Crippen molar-refractivity contribution in [1.29, 1.82) is 0 Å². The van der Waals surface area contributed by atoms with Gasteiger partial charge in [0, 0.05) is 19.4 Å². The molecule has 0 aliphatic heterocycles. The Hall–Kier alpha value is -0.910. The molecule has 5 heteroatoms. The quantitative estimate of drug-likeness (QED) is 0.690. The average molecular weight is 271 g/mol. The Kier molecular flexibility index (Phi) is 7.64. The molecule has 0 fully saturated rings. The Bertz CT molecular complexity index is 371. The summed E-state index contributed by atoms with van der Waals surface area (Å²) in [6, 6.07) is 7.45. The molecule has 1 unspecified atom stereocenters. The summed E-state index contributed by atoms with van der Waals surface area (Å²) < 4.78 is 22.2. The van der Waals surface area contributed by atoms with Gasteiger partial charge in [0.1, 0.15) is 5.75 Å². The molecule has 0 bridgehead atoms. The van der Waals surface area contributed by atoms with Crippen LogP contribution < -0.4 is 10.1 Å². The van der Waals surface area contributed by atoms with E-state index >= 15 is 0 Å². The molecule has 1 aromatic carbocycles. The second kappa shape index (κ2) is 9.08. The van der Waals surface area contributed by atoms with Crippen LogP contribution in [0.2, 0.25) is 0 Å². The van der Waals surface area contributed by atoms with E-state index in [0.717, 1.165) is 24.4 Å². The van der Waals surface area contributed by atoms with Crippen LogP contribution in [0.4, 0.5) is 0 Å². The normalized spacial score (nSPS) is 12.3. The molecule has 0 amide bonds. The first-order valence-corrected chi connectivity index (χ1v) is 7.32. The van der Waals surface area contributed by atoms with Crippen molar-refractivity contribution in [3.63, 3.8) is 0 Å². The van der Waals surface area contributed by atoms with Gasteiger partial charge in [-0.1, -0.05) is 12.1 Å². The van der Waals surface area contributed by atoms with E-state index in [9.17, 15) is 4.21 Å². The van der Waals surface area contributed by atoms with Crippen LogP contribution >= 0.6 is 0 Å². The summed E-state index contributed by atoms with van der Waals surface area (Å²) in [7, 11) is 2.28. The number of methoxy groups -OCH3 is 2. The Morgan fingerprint density at radius 3 is 2.72 bits per heavy atom. The highest BCUT2D eigenvalue weighted by atomic mass is 32.2. The summed E-state index contributed by atoms with van der Waals surface area (Å²) in [5, 5.41) is 3.23. The number of benzene rings is 1. The van der Waals surface area contributed by atoms with E-state index in [4.69, 9.17) is 9.47 Å². The number of ether oxygens (including phenoxy) is 2. The van der Waals surface area contributed by atoms with Crippen LogP contribution in [0, 0.1) is 0 Å². The van der Waals surface area contributed by atoms with Crippen molar-refractivity contribution < 1.29 is 13.7 Å². The molecule has 0 aromatic heterocycles. The predicted molar refractivity (Wildman–Crippen MR) is 73.6 cm³/mol. The maximum absolute atomic E-state index is 12.1. The molecule has 1 atom stereocenters. The minimum atomic E-state index is -0.998. The van der Waals surface area contributed by atoms with Crippen molar-refractivity contribution in [3.05, 3.63) is 24.3 Å². The molecule has 1 aromatic rings. The minimum absolute atomic E-state index is 0.639. The van der Waals surface area contributed by atoms with Gasteiger partial charge in [0.05, 0.1) is 29.4 Å². The number of hydrogen-bond donors (Lipinski definition) is 1. The van der Waals surface area contributed by atoms with Gasteiger partial charge in [-0.05, 0) is 25.1 Å². The molecule has 1 rings (SSSR count). The largest absolute Gasteiger partial charge is 0.495 e. The van der Waals surface area contributed by atoms with Gasteiger partial charge in [-0.25, -0.2) is 0 Å². The number of hydrogen-bond acceptors (Lipinski definition) is 4. The maximum atomic E-state index is 12.1. The fourth-order valence-electron chi connectivity index (χ4n) is 1.54. The first-order valence-electron chi connectivity index (χ1n) is 6.00. The van der Waals surface area contributed by atoms with E-state index in [2.05, 4.69) is 5.32 Å². The van der Waals surface area contributed by atoms with Crippen molar-refractivity contribution in [2.45, 2.75) is 11.3 Å². The second-order valence-electron chi connectivity index (χ2n) is 3.80. The second-order valence-corrected chi connectivity index (χ2v) is 5.34. The van der Waals surface area contributed by atoms with Crippen molar-refractivity contribution in [2.24, 2.45) is 0 Å². The van der Waals surface area contributed by atoms with Crippen molar-refractivity contribution in [1.82, 2.24) is 5.32 Å². The summed E-state index contributed by atoms with van der Waals surface area (Å²) in [5.41, 5.74) is 0. The molecule has 102 valence electrons. The lowest BCUT2D eigenvalue weighted by Gasteiger charge is -2.08. The van der Waals surface area contributed by atoms with Crippen LogP contribution in [0.25, 0.3) is 0 Å². The van der Waals surface area contributed by atoms with E-state index in [0.29, 0.717) is 18.1 Å². The topological polar surface area (TPSA) is 47.6 Å². The summed E-state index contributed by atoms with van der Waals surface area (Å²) in [6.45, 7) is 2.39. The van der Waals surface area contributed by atoms with Crippen molar-refractivity contribution >= 4 is 10.8 Å². The summed E-state index contributed by atoms with van der Waals surface area (Å²) >= 11 is 0. The van der Waals surface area contributed by atoms with Gasteiger partial charge in [-0.15, -0.1) is 0 Å². The zero-order valence-corrected chi connectivity index (χ0v) is 11.8. The number of rotatable bonds is 9. The molecule has 0 saturated heterocycles.